The van der Waals surface area contributed by atoms with Gasteiger partial charge in [0.25, 0.3) is 5.91 Å². The molecular formula is C31H43N3O8. The Balaban J connectivity index is 2.00. The molecule has 0 saturated heterocycles. The normalized spacial score (nSPS) is 18.1. The van der Waals surface area contributed by atoms with E-state index < -0.39 is 29.1 Å². The summed E-state index contributed by atoms with van der Waals surface area (Å²) in [5.41, 5.74) is 4.84. The summed E-state index contributed by atoms with van der Waals surface area (Å²) in [5.74, 6) is 0.580. The predicted octanol–water partition coefficient (Wildman–Crippen LogP) is 3.49. The Kier molecular flexibility index (Phi) is 12.1. The maximum absolute atomic E-state index is 14.0. The number of hydrogen-bond donors (Lipinski definition) is 3. The number of rotatable bonds is 16. The molecule has 2 aromatic carbocycles. The van der Waals surface area contributed by atoms with Gasteiger partial charge in [-0.05, 0) is 75.6 Å². The number of hydrazine groups is 1. The molecule has 1 amide bonds. The fourth-order valence-electron chi connectivity index (χ4n) is 4.42. The van der Waals surface area contributed by atoms with Crippen LogP contribution in [0.4, 0.5) is 0 Å². The van der Waals surface area contributed by atoms with Gasteiger partial charge in [0.1, 0.15) is 17.1 Å². The van der Waals surface area contributed by atoms with Crippen molar-refractivity contribution in [2.24, 2.45) is 4.99 Å². The van der Waals surface area contributed by atoms with E-state index in [1.54, 1.807) is 71.4 Å². The number of hydrogen-bond acceptors (Lipinski definition) is 10. The Morgan fingerprint density at radius 1 is 1.05 bits per heavy atom. The Morgan fingerprint density at radius 2 is 1.81 bits per heavy atom. The van der Waals surface area contributed by atoms with E-state index in [0.29, 0.717) is 55.2 Å². The standard InChI is InChI=1S/C31H43N3O8/c1-30(2,3)42-26(36)15-16-31(29(37)34-32-17-7-19-38-4)27(23-9-6-10-25(21-23)39-5)41-28(33-31)22-11-13-24(14-12-22)40-20-8-18-35/h6,9-14,21,27,32,35H,7-8,15-20H2,1-5H3,(H,34,37)/t27-,31-/m0/s1. The van der Waals surface area contributed by atoms with Gasteiger partial charge in [-0.3, -0.25) is 15.0 Å². The van der Waals surface area contributed by atoms with Crippen molar-refractivity contribution in [2.45, 2.75) is 63.7 Å². The van der Waals surface area contributed by atoms with Crippen molar-refractivity contribution in [3.8, 4) is 11.5 Å². The van der Waals surface area contributed by atoms with Gasteiger partial charge in [0.05, 0.1) is 13.7 Å². The van der Waals surface area contributed by atoms with Gasteiger partial charge in [0.2, 0.25) is 5.90 Å². The van der Waals surface area contributed by atoms with Crippen LogP contribution in [0, 0.1) is 0 Å². The van der Waals surface area contributed by atoms with Crippen molar-refractivity contribution in [3.63, 3.8) is 0 Å². The molecule has 3 rings (SSSR count). The number of aliphatic hydroxyl groups is 1. The largest absolute Gasteiger partial charge is 0.497 e. The van der Waals surface area contributed by atoms with Crippen LogP contribution >= 0.6 is 0 Å². The van der Waals surface area contributed by atoms with Crippen LogP contribution in [0.3, 0.4) is 0 Å². The van der Waals surface area contributed by atoms with Crippen molar-refractivity contribution >= 4 is 17.8 Å². The minimum Gasteiger partial charge on any atom is -0.497 e. The van der Waals surface area contributed by atoms with Gasteiger partial charge >= 0.3 is 5.97 Å². The molecule has 0 aliphatic carbocycles. The first-order valence-corrected chi connectivity index (χ1v) is 14.1. The first-order chi connectivity index (χ1) is 20.1. The smallest absolute Gasteiger partial charge is 0.306 e. The minimum absolute atomic E-state index is 0.0290. The third-order valence-corrected chi connectivity index (χ3v) is 6.41. The highest BCUT2D eigenvalue weighted by Gasteiger charge is 2.53. The molecule has 11 nitrogen and oxygen atoms in total. The molecule has 0 unspecified atom stereocenters. The molecule has 1 heterocycles. The average molecular weight is 586 g/mol. The van der Waals surface area contributed by atoms with Crippen molar-refractivity contribution in [3.05, 3.63) is 59.7 Å². The van der Waals surface area contributed by atoms with Crippen LogP contribution in [0.2, 0.25) is 0 Å². The lowest BCUT2D eigenvalue weighted by atomic mass is 9.83. The number of carbonyl (C=O) groups excluding carboxylic acids is 2. The van der Waals surface area contributed by atoms with Gasteiger partial charge in [-0.25, -0.2) is 10.4 Å². The number of carbonyl (C=O) groups is 2. The number of nitrogens with zero attached hydrogens (tertiary/aromatic N) is 1. The van der Waals surface area contributed by atoms with E-state index in [4.69, 9.17) is 33.8 Å². The van der Waals surface area contributed by atoms with Gasteiger partial charge in [-0.2, -0.15) is 0 Å². The van der Waals surface area contributed by atoms with Crippen molar-refractivity contribution in [1.82, 2.24) is 10.9 Å². The summed E-state index contributed by atoms with van der Waals surface area (Å²) < 4.78 is 28.2. The molecule has 3 N–H and O–H groups in total. The molecule has 2 atom stereocenters. The fraction of sp³-hybridized carbons (Fsp3) is 0.516. The molecule has 230 valence electrons. The van der Waals surface area contributed by atoms with Crippen LogP contribution in [0.5, 0.6) is 11.5 Å². The van der Waals surface area contributed by atoms with Gasteiger partial charge in [0.15, 0.2) is 11.6 Å². The molecule has 0 fully saturated rings. The summed E-state index contributed by atoms with van der Waals surface area (Å²) in [4.78, 5) is 31.7. The SMILES string of the molecule is COCCCNNC(=O)[C@@]1(CCC(=O)OC(C)(C)C)N=C(c2ccc(OCCCO)cc2)O[C@H]1c1cccc(OC)c1. The molecule has 0 spiro atoms. The van der Waals surface area contributed by atoms with Crippen LogP contribution in [0.25, 0.3) is 0 Å². The van der Waals surface area contributed by atoms with Gasteiger partial charge < -0.3 is 28.8 Å². The van der Waals surface area contributed by atoms with Crippen LogP contribution in [0.1, 0.15) is 63.7 Å². The van der Waals surface area contributed by atoms with E-state index in [-0.39, 0.29) is 25.3 Å². The van der Waals surface area contributed by atoms with Crippen molar-refractivity contribution in [2.75, 3.05) is 40.6 Å². The maximum Gasteiger partial charge on any atom is 0.306 e. The summed E-state index contributed by atoms with van der Waals surface area (Å²) in [6.07, 6.45) is 0.299. The molecule has 0 radical (unpaired) electrons. The number of aliphatic hydroxyl groups excluding tert-OH is 1. The zero-order chi connectivity index (χ0) is 30.6. The topological polar surface area (TPSA) is 137 Å². The quantitative estimate of drug-likeness (QED) is 0.154. The Bertz CT molecular complexity index is 1200. The third-order valence-electron chi connectivity index (χ3n) is 6.41. The Hall–Kier alpha value is -3.67. The summed E-state index contributed by atoms with van der Waals surface area (Å²) in [6.45, 7) is 6.82. The summed E-state index contributed by atoms with van der Waals surface area (Å²) in [5, 5.41) is 9.01. The highest BCUT2D eigenvalue weighted by Crippen LogP contribution is 2.44. The molecule has 2 aromatic rings. The molecule has 0 saturated carbocycles. The maximum atomic E-state index is 14.0. The second-order valence-corrected chi connectivity index (χ2v) is 10.9. The second-order valence-electron chi connectivity index (χ2n) is 10.9. The lowest BCUT2D eigenvalue weighted by Crippen LogP contribution is -2.53. The fourth-order valence-corrected chi connectivity index (χ4v) is 4.42. The predicted molar refractivity (Wildman–Crippen MR) is 157 cm³/mol. The van der Waals surface area contributed by atoms with E-state index in [1.165, 1.54) is 0 Å². The molecule has 1 aliphatic rings. The van der Waals surface area contributed by atoms with E-state index in [9.17, 15) is 9.59 Å². The number of aliphatic imine (C=N–C) groups is 1. The Morgan fingerprint density at radius 3 is 2.48 bits per heavy atom. The zero-order valence-electron chi connectivity index (χ0n) is 25.1. The average Bonchev–Trinajstić information content (AvgIpc) is 3.36. The molecule has 1 aliphatic heterocycles. The van der Waals surface area contributed by atoms with Crippen molar-refractivity contribution in [1.29, 1.82) is 0 Å². The second kappa shape index (κ2) is 15.5. The van der Waals surface area contributed by atoms with Crippen molar-refractivity contribution < 1.29 is 38.4 Å². The highest BCUT2D eigenvalue weighted by molar-refractivity contribution is 6.01. The third kappa shape index (κ3) is 9.17. The molecule has 0 bridgehead atoms. The summed E-state index contributed by atoms with van der Waals surface area (Å²) in [7, 11) is 3.18. The lowest BCUT2D eigenvalue weighted by Gasteiger charge is -2.31. The number of esters is 1. The number of benzene rings is 2. The highest BCUT2D eigenvalue weighted by atomic mass is 16.6. The molecule has 42 heavy (non-hydrogen) atoms. The van der Waals surface area contributed by atoms with Crippen LogP contribution in [0.15, 0.2) is 53.5 Å². The number of methoxy groups -OCH3 is 2. The number of amides is 1. The van der Waals surface area contributed by atoms with Crippen LogP contribution in [-0.4, -0.2) is 74.6 Å². The first-order valence-electron chi connectivity index (χ1n) is 14.1. The number of ether oxygens (including phenoxy) is 5. The van der Waals surface area contributed by atoms with Crippen LogP contribution in [-0.2, 0) is 23.8 Å². The van der Waals surface area contributed by atoms with E-state index in [2.05, 4.69) is 10.9 Å². The molecule has 0 aromatic heterocycles. The zero-order valence-corrected chi connectivity index (χ0v) is 25.1. The van der Waals surface area contributed by atoms with E-state index >= 15 is 0 Å². The molecular weight excluding hydrogens is 542 g/mol. The van der Waals surface area contributed by atoms with Gasteiger partial charge in [0, 0.05) is 45.3 Å². The minimum atomic E-state index is -1.51. The monoisotopic (exact) mass is 585 g/mol. The van der Waals surface area contributed by atoms with Gasteiger partial charge in [-0.15, -0.1) is 0 Å². The van der Waals surface area contributed by atoms with Crippen LogP contribution < -0.4 is 20.3 Å². The van der Waals surface area contributed by atoms with Gasteiger partial charge in [-0.1, -0.05) is 12.1 Å². The lowest BCUT2D eigenvalue weighted by molar-refractivity contribution is -0.155. The number of nitrogens with one attached hydrogen (secondary N) is 2. The summed E-state index contributed by atoms with van der Waals surface area (Å²) in [6, 6.07) is 14.4. The first kappa shape index (κ1) is 32.8. The Labute approximate surface area is 247 Å². The molecule has 11 heteroatoms. The summed E-state index contributed by atoms with van der Waals surface area (Å²) >= 11 is 0. The van der Waals surface area contributed by atoms with E-state index in [1.807, 2.05) is 12.1 Å². The van der Waals surface area contributed by atoms with E-state index in [0.717, 1.165) is 0 Å².